The third-order valence-electron chi connectivity index (χ3n) is 4.69. The average molecular weight is 302 g/mol. The van der Waals surface area contributed by atoms with Gasteiger partial charge >= 0.3 is 0 Å². The van der Waals surface area contributed by atoms with E-state index in [1.165, 1.54) is 5.01 Å². The van der Waals surface area contributed by atoms with Gasteiger partial charge in [-0.05, 0) is 31.0 Å². The van der Waals surface area contributed by atoms with E-state index in [1.807, 2.05) is 18.2 Å². The largest absolute Gasteiger partial charge is 0.493 e. The lowest BCUT2D eigenvalue weighted by atomic mass is 9.73. The molecule has 1 amide bonds. The molecule has 22 heavy (non-hydrogen) atoms. The van der Waals surface area contributed by atoms with E-state index < -0.39 is 0 Å². The molecule has 1 saturated carbocycles. The molecule has 0 aromatic heterocycles. The maximum atomic E-state index is 12.3. The van der Waals surface area contributed by atoms with Crippen molar-refractivity contribution in [1.82, 2.24) is 5.01 Å². The van der Waals surface area contributed by atoms with Crippen molar-refractivity contribution in [2.24, 2.45) is 16.9 Å². The Morgan fingerprint density at radius 3 is 2.45 bits per heavy atom. The second-order valence-corrected chi connectivity index (χ2v) is 5.91. The second-order valence-electron chi connectivity index (χ2n) is 5.91. The maximum Gasteiger partial charge on any atom is 0.246 e. The van der Waals surface area contributed by atoms with Gasteiger partial charge in [0.2, 0.25) is 5.91 Å². The minimum atomic E-state index is 0.0688. The molecule has 0 saturated heterocycles. The zero-order valence-corrected chi connectivity index (χ0v) is 13.3. The van der Waals surface area contributed by atoms with Gasteiger partial charge in [0.05, 0.1) is 19.9 Å². The Morgan fingerprint density at radius 1 is 1.09 bits per heavy atom. The number of rotatable bonds is 3. The zero-order valence-electron chi connectivity index (χ0n) is 13.3. The summed E-state index contributed by atoms with van der Waals surface area (Å²) in [6.07, 6.45) is 4.27. The SMILES string of the molecule is COc1ccc(C2=NN(C)C(=O)[C@@H]3CCCC[C@H]23)cc1OC. The van der Waals surface area contributed by atoms with E-state index in [4.69, 9.17) is 9.47 Å². The van der Waals surface area contributed by atoms with Gasteiger partial charge in [-0.1, -0.05) is 12.8 Å². The van der Waals surface area contributed by atoms with Crippen LogP contribution in [-0.4, -0.2) is 37.9 Å². The van der Waals surface area contributed by atoms with Gasteiger partial charge in [-0.3, -0.25) is 4.79 Å². The van der Waals surface area contributed by atoms with Gasteiger partial charge in [0.25, 0.3) is 0 Å². The Balaban J connectivity index is 2.02. The molecule has 1 aliphatic carbocycles. The summed E-state index contributed by atoms with van der Waals surface area (Å²) in [7, 11) is 5.00. The molecule has 1 fully saturated rings. The molecule has 0 radical (unpaired) electrons. The fourth-order valence-electron chi connectivity index (χ4n) is 3.55. The highest BCUT2D eigenvalue weighted by molar-refractivity contribution is 6.07. The molecule has 3 rings (SSSR count). The molecule has 5 nitrogen and oxygen atoms in total. The predicted octanol–water partition coefficient (Wildman–Crippen LogP) is 2.69. The van der Waals surface area contributed by atoms with Crippen LogP contribution in [0.3, 0.4) is 0 Å². The molecule has 0 spiro atoms. The van der Waals surface area contributed by atoms with Crippen LogP contribution in [0.1, 0.15) is 31.2 Å². The fourth-order valence-corrected chi connectivity index (χ4v) is 3.55. The monoisotopic (exact) mass is 302 g/mol. The first-order valence-electron chi connectivity index (χ1n) is 7.74. The van der Waals surface area contributed by atoms with E-state index >= 15 is 0 Å². The first kappa shape index (κ1) is 14.9. The highest BCUT2D eigenvalue weighted by Gasteiger charge is 2.40. The summed E-state index contributed by atoms with van der Waals surface area (Å²) in [6.45, 7) is 0. The number of methoxy groups -OCH3 is 2. The van der Waals surface area contributed by atoms with Crippen LogP contribution in [0, 0.1) is 11.8 Å². The summed E-state index contributed by atoms with van der Waals surface area (Å²) in [5.41, 5.74) is 2.00. The number of ether oxygens (including phenoxy) is 2. The summed E-state index contributed by atoms with van der Waals surface area (Å²) in [5, 5.41) is 6.05. The fraction of sp³-hybridized carbons (Fsp3) is 0.529. The van der Waals surface area contributed by atoms with Gasteiger partial charge in [0.15, 0.2) is 11.5 Å². The molecule has 5 heteroatoms. The molecule has 2 atom stereocenters. The van der Waals surface area contributed by atoms with Crippen LogP contribution in [0.25, 0.3) is 0 Å². The van der Waals surface area contributed by atoms with E-state index in [0.717, 1.165) is 37.0 Å². The summed E-state index contributed by atoms with van der Waals surface area (Å²) in [6, 6.07) is 5.84. The lowest BCUT2D eigenvalue weighted by Gasteiger charge is -2.37. The van der Waals surface area contributed by atoms with Crippen molar-refractivity contribution in [3.8, 4) is 11.5 Å². The van der Waals surface area contributed by atoms with Crippen LogP contribution in [0.15, 0.2) is 23.3 Å². The molecule has 0 N–H and O–H groups in total. The first-order valence-corrected chi connectivity index (χ1v) is 7.74. The van der Waals surface area contributed by atoms with E-state index in [-0.39, 0.29) is 17.7 Å². The number of nitrogens with zero attached hydrogens (tertiary/aromatic N) is 2. The Hall–Kier alpha value is -2.04. The second kappa shape index (κ2) is 5.99. The molecule has 1 aromatic carbocycles. The molecular weight excluding hydrogens is 280 g/mol. The van der Waals surface area contributed by atoms with Crippen molar-refractivity contribution >= 4 is 11.6 Å². The van der Waals surface area contributed by atoms with Crippen LogP contribution < -0.4 is 9.47 Å². The van der Waals surface area contributed by atoms with Crippen LogP contribution >= 0.6 is 0 Å². The standard InChI is InChI=1S/C17H22N2O3/c1-19-17(20)13-7-5-4-6-12(13)16(18-19)11-8-9-14(21-2)15(10-11)22-3/h8-10,12-13H,4-7H2,1-3H3/t12-,13+/m0/s1. The summed E-state index contributed by atoms with van der Waals surface area (Å²) >= 11 is 0. The normalized spacial score (nSPS) is 24.6. The Labute approximate surface area is 130 Å². The predicted molar refractivity (Wildman–Crippen MR) is 84.3 cm³/mol. The number of carbonyl (C=O) groups excluding carboxylic acids is 1. The molecule has 1 aromatic rings. The summed E-state index contributed by atoms with van der Waals surface area (Å²) in [5.74, 6) is 1.82. The maximum absolute atomic E-state index is 12.3. The molecule has 1 heterocycles. The zero-order chi connectivity index (χ0) is 15.7. The van der Waals surface area contributed by atoms with E-state index in [2.05, 4.69) is 5.10 Å². The number of hydrogen-bond acceptors (Lipinski definition) is 4. The Morgan fingerprint density at radius 2 is 1.77 bits per heavy atom. The molecular formula is C17H22N2O3. The van der Waals surface area contributed by atoms with Crippen LogP contribution in [0.2, 0.25) is 0 Å². The highest BCUT2D eigenvalue weighted by Crippen LogP contribution is 2.38. The van der Waals surface area contributed by atoms with Gasteiger partial charge in [-0.15, -0.1) is 0 Å². The van der Waals surface area contributed by atoms with E-state index in [9.17, 15) is 4.79 Å². The Kier molecular flexibility index (Phi) is 4.05. The van der Waals surface area contributed by atoms with Gasteiger partial charge in [0, 0.05) is 24.4 Å². The number of benzene rings is 1. The number of amides is 1. The van der Waals surface area contributed by atoms with E-state index in [1.54, 1.807) is 21.3 Å². The van der Waals surface area contributed by atoms with Crippen molar-refractivity contribution in [3.05, 3.63) is 23.8 Å². The number of carbonyl (C=O) groups is 1. The quantitative estimate of drug-likeness (QED) is 0.862. The topological polar surface area (TPSA) is 51.1 Å². The smallest absolute Gasteiger partial charge is 0.246 e. The van der Waals surface area contributed by atoms with Crippen molar-refractivity contribution in [2.75, 3.05) is 21.3 Å². The third kappa shape index (κ3) is 2.45. The molecule has 1 aliphatic heterocycles. The lowest BCUT2D eigenvalue weighted by molar-refractivity contribution is -0.137. The van der Waals surface area contributed by atoms with Gasteiger partial charge in [-0.25, -0.2) is 5.01 Å². The van der Waals surface area contributed by atoms with Crippen LogP contribution in [-0.2, 0) is 4.79 Å². The number of fused-ring (bicyclic) bond motifs is 1. The minimum Gasteiger partial charge on any atom is -0.493 e. The van der Waals surface area contributed by atoms with Crippen molar-refractivity contribution in [1.29, 1.82) is 0 Å². The lowest BCUT2D eigenvalue weighted by Crippen LogP contribution is -2.44. The van der Waals surface area contributed by atoms with Gasteiger partial charge in [-0.2, -0.15) is 5.10 Å². The van der Waals surface area contributed by atoms with E-state index in [0.29, 0.717) is 11.5 Å². The number of hydrazone groups is 1. The third-order valence-corrected chi connectivity index (χ3v) is 4.69. The van der Waals surface area contributed by atoms with Gasteiger partial charge < -0.3 is 9.47 Å². The molecule has 0 unspecified atom stereocenters. The summed E-state index contributed by atoms with van der Waals surface area (Å²) < 4.78 is 10.7. The van der Waals surface area contributed by atoms with Crippen LogP contribution in [0.5, 0.6) is 11.5 Å². The average Bonchev–Trinajstić information content (AvgIpc) is 2.57. The molecule has 2 aliphatic rings. The number of hydrogen-bond donors (Lipinski definition) is 0. The molecule has 118 valence electrons. The molecule has 0 bridgehead atoms. The van der Waals surface area contributed by atoms with Crippen molar-refractivity contribution in [3.63, 3.8) is 0 Å². The van der Waals surface area contributed by atoms with Crippen molar-refractivity contribution in [2.45, 2.75) is 25.7 Å². The van der Waals surface area contributed by atoms with Crippen molar-refractivity contribution < 1.29 is 14.3 Å². The highest BCUT2D eigenvalue weighted by atomic mass is 16.5. The Bertz CT molecular complexity index is 612. The van der Waals surface area contributed by atoms with Gasteiger partial charge in [0.1, 0.15) is 0 Å². The first-order chi connectivity index (χ1) is 10.7. The summed E-state index contributed by atoms with van der Waals surface area (Å²) in [4.78, 5) is 12.3. The van der Waals surface area contributed by atoms with Crippen LogP contribution in [0.4, 0.5) is 0 Å². The minimum absolute atomic E-state index is 0.0688.